The Bertz CT molecular complexity index is 374. The molecule has 0 aromatic carbocycles. The van der Waals surface area contributed by atoms with E-state index in [4.69, 9.17) is 10.5 Å². The van der Waals surface area contributed by atoms with Gasteiger partial charge in [0.25, 0.3) is 0 Å². The predicted molar refractivity (Wildman–Crippen MR) is 68.9 cm³/mol. The predicted octanol–water partition coefficient (Wildman–Crippen LogP) is 1.04. The number of amides is 1. The van der Waals surface area contributed by atoms with Gasteiger partial charge in [-0.1, -0.05) is 0 Å². The molecule has 3 N–H and O–H groups in total. The van der Waals surface area contributed by atoms with E-state index in [1.807, 2.05) is 23.2 Å². The zero-order valence-corrected chi connectivity index (χ0v) is 10.8. The highest BCUT2D eigenvalue weighted by atomic mass is 16.5. The number of H-pyrrole nitrogens is 1. The Morgan fingerprint density at radius 1 is 1.72 bits per heavy atom. The second-order valence-electron chi connectivity index (χ2n) is 4.67. The normalized spacial score (nSPS) is 21.2. The number of aromatic nitrogens is 1. The molecule has 5 heteroatoms. The highest BCUT2D eigenvalue weighted by Gasteiger charge is 2.31. The minimum atomic E-state index is -0.178. The summed E-state index contributed by atoms with van der Waals surface area (Å²) in [5.41, 5.74) is 6.67. The maximum Gasteiger partial charge on any atom is 0.225 e. The molecule has 1 aliphatic heterocycles. The van der Waals surface area contributed by atoms with Gasteiger partial charge in [-0.05, 0) is 25.0 Å². The van der Waals surface area contributed by atoms with Crippen molar-refractivity contribution in [3.8, 4) is 0 Å². The van der Waals surface area contributed by atoms with Gasteiger partial charge in [0, 0.05) is 32.1 Å². The number of rotatable bonds is 5. The fourth-order valence-electron chi connectivity index (χ4n) is 2.51. The van der Waals surface area contributed by atoms with E-state index < -0.39 is 0 Å². The first kappa shape index (κ1) is 13.1. The molecule has 1 aliphatic rings. The third-order valence-electron chi connectivity index (χ3n) is 3.55. The summed E-state index contributed by atoms with van der Waals surface area (Å²) >= 11 is 0. The van der Waals surface area contributed by atoms with Crippen LogP contribution in [0, 0.1) is 0 Å². The molecule has 1 fully saturated rings. The Labute approximate surface area is 107 Å². The average molecular weight is 251 g/mol. The number of methoxy groups -OCH3 is 1. The summed E-state index contributed by atoms with van der Waals surface area (Å²) in [4.78, 5) is 17.4. The van der Waals surface area contributed by atoms with Crippen LogP contribution in [0.1, 0.15) is 31.0 Å². The van der Waals surface area contributed by atoms with E-state index in [0.717, 1.165) is 25.1 Å². The summed E-state index contributed by atoms with van der Waals surface area (Å²) in [6.07, 6.45) is 4.16. The monoisotopic (exact) mass is 251 g/mol. The number of likely N-dealkylation sites (tertiary alicyclic amines) is 1. The Hall–Kier alpha value is -1.33. The highest BCUT2D eigenvalue weighted by Crippen LogP contribution is 2.31. The second-order valence-corrected chi connectivity index (χ2v) is 4.67. The number of ether oxygens (including phenoxy) is 1. The second kappa shape index (κ2) is 6.02. The zero-order chi connectivity index (χ0) is 13.0. The number of hydrogen-bond donors (Lipinski definition) is 2. The highest BCUT2D eigenvalue weighted by molar-refractivity contribution is 5.77. The third kappa shape index (κ3) is 2.73. The molecule has 100 valence electrons. The number of nitrogens with one attached hydrogen (secondary N) is 1. The lowest BCUT2D eigenvalue weighted by Gasteiger charge is -2.25. The number of nitrogens with two attached hydrogens (primary N) is 1. The Kier molecular flexibility index (Phi) is 4.38. The molecule has 1 aromatic heterocycles. The van der Waals surface area contributed by atoms with Gasteiger partial charge in [0.1, 0.15) is 0 Å². The van der Waals surface area contributed by atoms with E-state index >= 15 is 0 Å². The molecule has 2 heterocycles. The van der Waals surface area contributed by atoms with Crippen molar-refractivity contribution < 1.29 is 9.53 Å². The van der Waals surface area contributed by atoms with Crippen LogP contribution in [0.15, 0.2) is 18.3 Å². The van der Waals surface area contributed by atoms with Crippen LogP contribution >= 0.6 is 0 Å². The maximum absolute atomic E-state index is 12.3. The van der Waals surface area contributed by atoms with Crippen LogP contribution in [0.2, 0.25) is 0 Å². The lowest BCUT2D eigenvalue weighted by atomic mass is 10.1. The summed E-state index contributed by atoms with van der Waals surface area (Å²) in [5, 5.41) is 0. The van der Waals surface area contributed by atoms with Gasteiger partial charge in [-0.2, -0.15) is 0 Å². The molecular weight excluding hydrogens is 230 g/mol. The van der Waals surface area contributed by atoms with Crippen molar-refractivity contribution in [2.24, 2.45) is 5.73 Å². The summed E-state index contributed by atoms with van der Waals surface area (Å²) in [6, 6.07) is 4.18. The van der Waals surface area contributed by atoms with Gasteiger partial charge in [-0.3, -0.25) is 4.79 Å². The molecular formula is C13H21N3O2. The van der Waals surface area contributed by atoms with Crippen LogP contribution in [-0.2, 0) is 9.53 Å². The Morgan fingerprint density at radius 3 is 3.17 bits per heavy atom. The molecule has 5 nitrogen and oxygen atoms in total. The van der Waals surface area contributed by atoms with Crippen LogP contribution in [0.5, 0.6) is 0 Å². The van der Waals surface area contributed by atoms with Gasteiger partial charge in [0.05, 0.1) is 18.6 Å². The largest absolute Gasteiger partial charge is 0.380 e. The van der Waals surface area contributed by atoms with Crippen molar-refractivity contribution in [3.05, 3.63) is 24.0 Å². The molecule has 1 aromatic rings. The summed E-state index contributed by atoms with van der Waals surface area (Å²) < 4.78 is 5.18. The number of carbonyl (C=O) groups excluding carboxylic acids is 1. The Balaban J connectivity index is 2.01. The van der Waals surface area contributed by atoms with Crippen LogP contribution < -0.4 is 5.73 Å². The minimum Gasteiger partial charge on any atom is -0.380 e. The SMILES string of the molecule is COC(CN)CC(=O)N1CCCC1c1ccc[nH]1. The molecule has 0 bridgehead atoms. The number of aromatic amines is 1. The topological polar surface area (TPSA) is 71.3 Å². The minimum absolute atomic E-state index is 0.129. The smallest absolute Gasteiger partial charge is 0.225 e. The lowest BCUT2D eigenvalue weighted by Crippen LogP contribution is -2.35. The van der Waals surface area contributed by atoms with Crippen molar-refractivity contribution >= 4 is 5.91 Å². The van der Waals surface area contributed by atoms with Gasteiger partial charge in [0.2, 0.25) is 5.91 Å². The molecule has 0 spiro atoms. The van der Waals surface area contributed by atoms with Crippen molar-refractivity contribution in [3.63, 3.8) is 0 Å². The number of hydrogen-bond acceptors (Lipinski definition) is 3. The molecule has 0 aliphatic carbocycles. The molecule has 1 amide bonds. The van der Waals surface area contributed by atoms with Gasteiger partial charge >= 0.3 is 0 Å². The first-order valence-electron chi connectivity index (χ1n) is 6.42. The quantitative estimate of drug-likeness (QED) is 0.821. The van der Waals surface area contributed by atoms with Crippen LogP contribution in [0.4, 0.5) is 0 Å². The molecule has 2 atom stereocenters. The maximum atomic E-state index is 12.3. The van der Waals surface area contributed by atoms with Crippen molar-refractivity contribution in [2.75, 3.05) is 20.2 Å². The molecule has 2 rings (SSSR count). The fraction of sp³-hybridized carbons (Fsp3) is 0.615. The van der Waals surface area contributed by atoms with E-state index in [2.05, 4.69) is 4.98 Å². The van der Waals surface area contributed by atoms with Crippen LogP contribution in [0.25, 0.3) is 0 Å². The first-order chi connectivity index (χ1) is 8.76. The first-order valence-corrected chi connectivity index (χ1v) is 6.42. The molecule has 0 radical (unpaired) electrons. The standard InChI is InChI=1S/C13H21N3O2/c1-18-10(9-14)8-13(17)16-7-3-5-12(16)11-4-2-6-15-11/h2,4,6,10,12,15H,3,5,7-9,14H2,1H3. The fourth-order valence-corrected chi connectivity index (χ4v) is 2.51. The molecule has 0 saturated carbocycles. The molecule has 2 unspecified atom stereocenters. The molecule has 18 heavy (non-hydrogen) atoms. The van der Waals surface area contributed by atoms with E-state index in [1.54, 1.807) is 7.11 Å². The van der Waals surface area contributed by atoms with E-state index in [0.29, 0.717) is 13.0 Å². The van der Waals surface area contributed by atoms with Gasteiger partial charge in [-0.25, -0.2) is 0 Å². The zero-order valence-electron chi connectivity index (χ0n) is 10.8. The van der Waals surface area contributed by atoms with E-state index in [-0.39, 0.29) is 18.1 Å². The van der Waals surface area contributed by atoms with E-state index in [9.17, 15) is 4.79 Å². The van der Waals surface area contributed by atoms with Crippen molar-refractivity contribution in [2.45, 2.75) is 31.4 Å². The van der Waals surface area contributed by atoms with Crippen LogP contribution in [-0.4, -0.2) is 42.1 Å². The van der Waals surface area contributed by atoms with Crippen LogP contribution in [0.3, 0.4) is 0 Å². The summed E-state index contributed by atoms with van der Waals surface area (Å²) in [7, 11) is 1.59. The summed E-state index contributed by atoms with van der Waals surface area (Å²) in [5.74, 6) is 0.129. The van der Waals surface area contributed by atoms with Gasteiger partial charge in [-0.15, -0.1) is 0 Å². The van der Waals surface area contributed by atoms with Gasteiger partial charge < -0.3 is 20.4 Å². The third-order valence-corrected chi connectivity index (χ3v) is 3.55. The molecule has 1 saturated heterocycles. The average Bonchev–Trinajstić information content (AvgIpc) is 3.04. The van der Waals surface area contributed by atoms with Gasteiger partial charge in [0.15, 0.2) is 0 Å². The van der Waals surface area contributed by atoms with Crippen molar-refractivity contribution in [1.29, 1.82) is 0 Å². The van der Waals surface area contributed by atoms with E-state index in [1.165, 1.54) is 0 Å². The number of carbonyl (C=O) groups is 1. The number of nitrogens with zero attached hydrogens (tertiary/aromatic N) is 1. The summed E-state index contributed by atoms with van der Waals surface area (Å²) in [6.45, 7) is 1.20. The Morgan fingerprint density at radius 2 is 2.56 bits per heavy atom. The lowest BCUT2D eigenvalue weighted by molar-refractivity contribution is -0.134. The van der Waals surface area contributed by atoms with Crippen molar-refractivity contribution in [1.82, 2.24) is 9.88 Å².